The second-order valence-corrected chi connectivity index (χ2v) is 7.67. The highest BCUT2D eigenvalue weighted by atomic mass is 16.5. The molecule has 164 valence electrons. The Hall–Kier alpha value is -3.08. The third-order valence-corrected chi connectivity index (χ3v) is 5.32. The van der Waals surface area contributed by atoms with Crippen molar-refractivity contribution in [3.8, 4) is 0 Å². The Morgan fingerprint density at radius 3 is 2.35 bits per heavy atom. The predicted octanol–water partition coefficient (Wildman–Crippen LogP) is 5.73. The van der Waals surface area contributed by atoms with Gasteiger partial charge in [0.1, 0.15) is 11.1 Å². The molecular formula is C26H32N2O3. The highest BCUT2D eigenvalue weighted by Crippen LogP contribution is 2.23. The van der Waals surface area contributed by atoms with Crippen molar-refractivity contribution in [1.82, 2.24) is 0 Å². The number of hydrogen-bond acceptors (Lipinski definition) is 5. The number of esters is 1. The van der Waals surface area contributed by atoms with Gasteiger partial charge in [0.05, 0.1) is 13.7 Å². The summed E-state index contributed by atoms with van der Waals surface area (Å²) in [7, 11) is 1.37. The number of methoxy groups -OCH3 is 1. The minimum absolute atomic E-state index is 0.300. The quantitative estimate of drug-likeness (QED) is 0.393. The first-order valence-electron chi connectivity index (χ1n) is 11.1. The molecule has 0 aliphatic carbocycles. The lowest BCUT2D eigenvalue weighted by atomic mass is 10.1. The molecule has 2 aromatic carbocycles. The normalized spacial score (nSPS) is 11.6. The van der Waals surface area contributed by atoms with Crippen LogP contribution < -0.4 is 10.5 Å². The number of anilines is 1. The van der Waals surface area contributed by atoms with E-state index in [1.165, 1.54) is 7.11 Å². The molecule has 31 heavy (non-hydrogen) atoms. The molecule has 0 aliphatic rings. The van der Waals surface area contributed by atoms with Gasteiger partial charge in [-0.3, -0.25) is 0 Å². The van der Waals surface area contributed by atoms with Crippen molar-refractivity contribution < 1.29 is 13.9 Å². The SMILES string of the molecule is CCCCN(CCCC)c1ccc2cc(C(=O)OC)c(=NCc3ccccc3)oc2c1. The molecule has 1 heterocycles. The summed E-state index contributed by atoms with van der Waals surface area (Å²) in [6.45, 7) is 6.89. The first-order chi connectivity index (χ1) is 15.2. The molecule has 3 rings (SSSR count). The fourth-order valence-electron chi connectivity index (χ4n) is 3.49. The summed E-state index contributed by atoms with van der Waals surface area (Å²) in [4.78, 5) is 19.4. The summed E-state index contributed by atoms with van der Waals surface area (Å²) in [5.41, 5.74) is 3.54. The lowest BCUT2D eigenvalue weighted by Crippen LogP contribution is -2.25. The van der Waals surface area contributed by atoms with Crippen LogP contribution in [0.2, 0.25) is 0 Å². The van der Waals surface area contributed by atoms with Crippen LogP contribution in [-0.2, 0) is 11.3 Å². The van der Waals surface area contributed by atoms with E-state index in [0.29, 0.717) is 17.7 Å². The van der Waals surface area contributed by atoms with E-state index >= 15 is 0 Å². The van der Waals surface area contributed by atoms with Gasteiger partial charge in [0.2, 0.25) is 5.55 Å². The largest absolute Gasteiger partial charge is 0.465 e. The summed E-state index contributed by atoms with van der Waals surface area (Å²) in [5, 5.41) is 0.855. The van der Waals surface area contributed by atoms with Gasteiger partial charge in [-0.1, -0.05) is 57.0 Å². The van der Waals surface area contributed by atoms with Crippen LogP contribution >= 0.6 is 0 Å². The summed E-state index contributed by atoms with van der Waals surface area (Å²) < 4.78 is 11.1. The highest BCUT2D eigenvalue weighted by Gasteiger charge is 2.14. The third-order valence-electron chi connectivity index (χ3n) is 5.32. The maximum absolute atomic E-state index is 12.4. The monoisotopic (exact) mass is 420 g/mol. The lowest BCUT2D eigenvalue weighted by Gasteiger charge is -2.24. The maximum Gasteiger partial charge on any atom is 0.343 e. The molecule has 0 aliphatic heterocycles. The predicted molar refractivity (Wildman–Crippen MR) is 125 cm³/mol. The Bertz CT molecular complexity index is 1050. The van der Waals surface area contributed by atoms with Gasteiger partial charge < -0.3 is 14.1 Å². The standard InChI is InChI=1S/C26H32N2O3/c1-4-6-15-28(16-7-5-2)22-14-13-21-17-23(26(29)30-3)25(31-24(21)18-22)27-19-20-11-9-8-10-12-20/h8-14,17-18H,4-7,15-16,19H2,1-3H3. The zero-order valence-corrected chi connectivity index (χ0v) is 18.8. The second-order valence-electron chi connectivity index (χ2n) is 7.67. The summed E-state index contributed by atoms with van der Waals surface area (Å²) in [6, 6.07) is 17.9. The Balaban J connectivity index is 2.03. The van der Waals surface area contributed by atoms with E-state index < -0.39 is 5.97 Å². The molecule has 0 saturated heterocycles. The van der Waals surface area contributed by atoms with E-state index in [2.05, 4.69) is 35.9 Å². The molecule has 0 fully saturated rings. The number of benzene rings is 2. The molecule has 0 spiro atoms. The van der Waals surface area contributed by atoms with E-state index in [1.807, 2.05) is 36.4 Å². The number of hydrogen-bond donors (Lipinski definition) is 0. The maximum atomic E-state index is 12.4. The van der Waals surface area contributed by atoms with Crippen LogP contribution in [0.5, 0.6) is 0 Å². The third kappa shape index (κ3) is 5.97. The Morgan fingerprint density at radius 2 is 1.71 bits per heavy atom. The fourth-order valence-corrected chi connectivity index (χ4v) is 3.49. The van der Waals surface area contributed by atoms with Crippen LogP contribution in [0.15, 0.2) is 64.0 Å². The van der Waals surface area contributed by atoms with Crippen molar-refractivity contribution in [2.24, 2.45) is 4.99 Å². The number of carbonyl (C=O) groups is 1. The second kappa shape index (κ2) is 11.3. The van der Waals surface area contributed by atoms with Gasteiger partial charge in [-0.2, -0.15) is 0 Å². The van der Waals surface area contributed by atoms with Crippen molar-refractivity contribution in [2.45, 2.75) is 46.1 Å². The first kappa shape index (κ1) is 22.6. The van der Waals surface area contributed by atoms with E-state index in [9.17, 15) is 4.79 Å². The van der Waals surface area contributed by atoms with Crippen LogP contribution in [0.4, 0.5) is 5.69 Å². The first-order valence-corrected chi connectivity index (χ1v) is 11.1. The summed E-state index contributed by atoms with van der Waals surface area (Å²) >= 11 is 0. The van der Waals surface area contributed by atoms with Crippen LogP contribution in [0.3, 0.4) is 0 Å². The van der Waals surface area contributed by atoms with Gasteiger partial charge in [-0.05, 0) is 36.6 Å². The molecule has 3 aromatic rings. The molecule has 0 bridgehead atoms. The molecule has 5 nitrogen and oxygen atoms in total. The molecular weight excluding hydrogens is 388 g/mol. The van der Waals surface area contributed by atoms with Crippen LogP contribution in [0, 0.1) is 0 Å². The van der Waals surface area contributed by atoms with Crippen LogP contribution in [-0.4, -0.2) is 26.2 Å². The Labute approximate surface area is 184 Å². The van der Waals surface area contributed by atoms with E-state index in [-0.39, 0.29) is 0 Å². The topological polar surface area (TPSA) is 55.0 Å². The van der Waals surface area contributed by atoms with Crippen molar-refractivity contribution in [3.05, 3.63) is 71.3 Å². The molecule has 0 unspecified atom stereocenters. The number of carbonyl (C=O) groups excluding carboxylic acids is 1. The number of unbranched alkanes of at least 4 members (excludes halogenated alkanes) is 2. The van der Waals surface area contributed by atoms with Gasteiger partial charge in [0, 0.05) is 30.2 Å². The Morgan fingerprint density at radius 1 is 1.00 bits per heavy atom. The highest BCUT2D eigenvalue weighted by molar-refractivity contribution is 5.93. The summed E-state index contributed by atoms with van der Waals surface area (Å²) in [6.07, 6.45) is 4.62. The molecule has 0 amide bonds. The van der Waals surface area contributed by atoms with Crippen molar-refractivity contribution >= 4 is 22.6 Å². The van der Waals surface area contributed by atoms with E-state index in [4.69, 9.17) is 9.15 Å². The molecule has 0 radical (unpaired) electrons. The van der Waals surface area contributed by atoms with Gasteiger partial charge >= 0.3 is 5.97 Å². The van der Waals surface area contributed by atoms with Gasteiger partial charge in [0.15, 0.2) is 0 Å². The number of ether oxygens (including phenoxy) is 1. The smallest absolute Gasteiger partial charge is 0.343 e. The fraction of sp³-hybridized carbons (Fsp3) is 0.385. The van der Waals surface area contributed by atoms with Gasteiger partial charge in [-0.15, -0.1) is 0 Å². The van der Waals surface area contributed by atoms with Gasteiger partial charge in [-0.25, -0.2) is 9.79 Å². The number of nitrogens with zero attached hydrogens (tertiary/aromatic N) is 2. The van der Waals surface area contributed by atoms with Crippen molar-refractivity contribution in [2.75, 3.05) is 25.1 Å². The molecule has 0 atom stereocenters. The number of rotatable bonds is 10. The molecule has 0 N–H and O–H groups in total. The minimum Gasteiger partial charge on any atom is -0.465 e. The van der Waals surface area contributed by atoms with E-state index in [1.54, 1.807) is 6.07 Å². The lowest BCUT2D eigenvalue weighted by molar-refractivity contribution is 0.0595. The summed E-state index contributed by atoms with van der Waals surface area (Å²) in [5.74, 6) is -0.450. The van der Waals surface area contributed by atoms with Gasteiger partial charge in [0.25, 0.3) is 0 Å². The van der Waals surface area contributed by atoms with Crippen LogP contribution in [0.25, 0.3) is 11.0 Å². The molecule has 5 heteroatoms. The zero-order valence-electron chi connectivity index (χ0n) is 18.8. The van der Waals surface area contributed by atoms with E-state index in [0.717, 1.165) is 61.0 Å². The molecule has 1 aromatic heterocycles. The molecule has 0 saturated carbocycles. The average molecular weight is 421 g/mol. The Kier molecular flexibility index (Phi) is 8.27. The number of fused-ring (bicyclic) bond motifs is 1. The van der Waals surface area contributed by atoms with Crippen LogP contribution in [0.1, 0.15) is 55.5 Å². The van der Waals surface area contributed by atoms with Crippen molar-refractivity contribution in [3.63, 3.8) is 0 Å². The minimum atomic E-state index is -0.450. The van der Waals surface area contributed by atoms with Crippen molar-refractivity contribution in [1.29, 1.82) is 0 Å². The zero-order chi connectivity index (χ0) is 22.1. The average Bonchev–Trinajstić information content (AvgIpc) is 2.82.